The normalized spacial score (nSPS) is 39.0. The Hall–Kier alpha value is -3.39. The molecule has 4 aliphatic carbocycles. The fourth-order valence-corrected chi connectivity index (χ4v) is 10.3. The van der Waals surface area contributed by atoms with Crippen molar-refractivity contribution in [1.29, 1.82) is 0 Å². The molecular weight excluding hydrogens is 564 g/mol. The predicted molar refractivity (Wildman–Crippen MR) is 169 cm³/mol. The molecule has 6 nitrogen and oxygen atoms in total. The van der Waals surface area contributed by atoms with E-state index in [1.54, 1.807) is 6.92 Å². The molecular formula is C39H40O6. The van der Waals surface area contributed by atoms with Crippen LogP contribution in [0.25, 0.3) is 0 Å². The van der Waals surface area contributed by atoms with E-state index in [9.17, 15) is 20.1 Å². The summed E-state index contributed by atoms with van der Waals surface area (Å²) in [6.45, 7) is 7.61. The van der Waals surface area contributed by atoms with Crippen LogP contribution in [0.1, 0.15) is 50.8 Å². The summed E-state index contributed by atoms with van der Waals surface area (Å²) in [5, 5.41) is 36.4. The minimum Gasteiger partial charge on any atom is -0.383 e. The lowest BCUT2D eigenvalue weighted by Crippen LogP contribution is -2.82. The van der Waals surface area contributed by atoms with Gasteiger partial charge in [-0.3, -0.25) is 4.79 Å². The molecule has 45 heavy (non-hydrogen) atoms. The van der Waals surface area contributed by atoms with E-state index < -0.39 is 45.4 Å². The van der Waals surface area contributed by atoms with Crippen molar-refractivity contribution in [3.05, 3.63) is 131 Å². The van der Waals surface area contributed by atoms with Crippen LogP contribution in [0.15, 0.2) is 114 Å². The van der Waals surface area contributed by atoms with Crippen LogP contribution in [0.5, 0.6) is 0 Å². The maximum atomic E-state index is 13.8. The first kappa shape index (κ1) is 29.0. The molecule has 5 aliphatic rings. The van der Waals surface area contributed by atoms with Crippen LogP contribution in [-0.4, -0.2) is 50.3 Å². The number of ketones is 1. The minimum atomic E-state index is -1.79. The van der Waals surface area contributed by atoms with E-state index in [-0.39, 0.29) is 30.6 Å². The molecule has 1 saturated heterocycles. The summed E-state index contributed by atoms with van der Waals surface area (Å²) in [4.78, 5) is 13.8. The van der Waals surface area contributed by atoms with Gasteiger partial charge in [-0.25, -0.2) is 0 Å². The second kappa shape index (κ2) is 9.11. The van der Waals surface area contributed by atoms with Gasteiger partial charge in [0.2, 0.25) is 5.79 Å². The first-order valence-electron chi connectivity index (χ1n) is 16.0. The van der Waals surface area contributed by atoms with Gasteiger partial charge in [-0.15, -0.1) is 0 Å². The zero-order valence-electron chi connectivity index (χ0n) is 26.1. The highest BCUT2D eigenvalue weighted by molar-refractivity contribution is 6.05. The quantitative estimate of drug-likeness (QED) is 0.261. The first-order valence-corrected chi connectivity index (χ1v) is 16.0. The molecule has 6 heteroatoms. The molecule has 2 bridgehead atoms. The second-order valence-electron chi connectivity index (χ2n) is 14.5. The molecule has 1 spiro atoms. The maximum Gasteiger partial charge on any atom is 0.201 e. The fraction of sp³-hybridized carbons (Fsp3) is 0.410. The number of Topliss-reactive ketones (excluding diaryl/α,β-unsaturated/α-hetero) is 1. The lowest BCUT2D eigenvalue weighted by atomic mass is 9.45. The summed E-state index contributed by atoms with van der Waals surface area (Å²) in [5.41, 5.74) is -2.07. The Morgan fingerprint density at radius 2 is 1.36 bits per heavy atom. The highest BCUT2D eigenvalue weighted by Crippen LogP contribution is 2.83. The molecule has 0 amide bonds. The van der Waals surface area contributed by atoms with Crippen LogP contribution in [0.4, 0.5) is 0 Å². The number of carbonyl (C=O) groups is 1. The van der Waals surface area contributed by atoms with Gasteiger partial charge in [-0.2, -0.15) is 0 Å². The SMILES string of the molecule is CC1=C[C@H]2[C@]34O[C@]5(O)C(C)(C)[C@@H]([C@@H]3C=C(COC(c3ccccc3)(c3ccccc3)c3ccccc3)C[C@]2(O)C1=O)[C@@]5(O)[C@H]4C. The number of hydrogen-bond donors (Lipinski definition) is 3. The standard InChI is InChI=1S/C39H40O6/c1-24-20-31-35(41,33(24)40)22-26(21-30-32-34(3,4)39(43)38(32,42)25(2)36(30,31)45-39)23-44-37(27-14-8-5-9-15-27,28-16-10-6-11-17-28)29-18-12-7-13-19-29/h5-21,25,30-32,41-43H,22-23H2,1-4H3/t25-,30-,31+,32+,35+,36+,38-,39+/m0/s1. The van der Waals surface area contributed by atoms with Gasteiger partial charge >= 0.3 is 0 Å². The molecule has 1 heterocycles. The van der Waals surface area contributed by atoms with Gasteiger partial charge < -0.3 is 24.8 Å². The van der Waals surface area contributed by atoms with Crippen molar-refractivity contribution in [3.8, 4) is 0 Å². The fourth-order valence-electron chi connectivity index (χ4n) is 10.3. The number of carbonyl (C=O) groups excluding carboxylic acids is 1. The van der Waals surface area contributed by atoms with Crippen LogP contribution < -0.4 is 0 Å². The van der Waals surface area contributed by atoms with E-state index in [2.05, 4.69) is 42.5 Å². The first-order chi connectivity index (χ1) is 21.4. The minimum absolute atomic E-state index is 0.0666. The Kier molecular flexibility index (Phi) is 5.88. The molecule has 1 aliphatic heterocycles. The zero-order chi connectivity index (χ0) is 31.6. The van der Waals surface area contributed by atoms with Crippen molar-refractivity contribution in [3.63, 3.8) is 0 Å². The predicted octanol–water partition coefficient (Wildman–Crippen LogP) is 5.31. The summed E-state index contributed by atoms with van der Waals surface area (Å²) in [6, 6.07) is 30.3. The molecule has 8 atom stereocenters. The summed E-state index contributed by atoms with van der Waals surface area (Å²) < 4.78 is 13.8. The van der Waals surface area contributed by atoms with Gasteiger partial charge in [0.1, 0.15) is 16.8 Å². The van der Waals surface area contributed by atoms with Crippen LogP contribution in [0, 0.1) is 29.1 Å². The zero-order valence-corrected chi connectivity index (χ0v) is 26.1. The van der Waals surface area contributed by atoms with Gasteiger partial charge in [-0.05, 0) is 34.8 Å². The molecule has 0 aromatic heterocycles. The van der Waals surface area contributed by atoms with E-state index in [1.165, 1.54) is 0 Å². The van der Waals surface area contributed by atoms with Gasteiger partial charge in [0, 0.05) is 35.5 Å². The number of rotatable bonds is 6. The molecule has 8 rings (SSSR count). The summed E-state index contributed by atoms with van der Waals surface area (Å²) in [7, 11) is 0. The van der Waals surface area contributed by atoms with Gasteiger partial charge in [0.05, 0.1) is 12.2 Å². The topological polar surface area (TPSA) is 96.2 Å². The van der Waals surface area contributed by atoms with E-state index >= 15 is 0 Å². The highest BCUT2D eigenvalue weighted by Gasteiger charge is 2.95. The van der Waals surface area contributed by atoms with Gasteiger partial charge in [0.25, 0.3) is 0 Å². The Bertz CT molecular complexity index is 1650. The average Bonchev–Trinajstić information content (AvgIpc) is 3.41. The van der Waals surface area contributed by atoms with Crippen LogP contribution in [0.2, 0.25) is 0 Å². The van der Waals surface area contributed by atoms with E-state index in [0.29, 0.717) is 5.57 Å². The maximum absolute atomic E-state index is 13.8. The third-order valence-corrected chi connectivity index (χ3v) is 12.3. The van der Waals surface area contributed by atoms with Crippen molar-refractivity contribution in [2.45, 2.75) is 62.3 Å². The van der Waals surface area contributed by atoms with Crippen LogP contribution in [-0.2, 0) is 19.9 Å². The summed E-state index contributed by atoms with van der Waals surface area (Å²) in [6.07, 6.45) is 3.98. The molecule has 3 aromatic rings. The number of ether oxygens (including phenoxy) is 2. The molecule has 232 valence electrons. The lowest BCUT2D eigenvalue weighted by Gasteiger charge is -2.69. The van der Waals surface area contributed by atoms with Crippen molar-refractivity contribution < 1.29 is 29.6 Å². The Morgan fingerprint density at radius 1 is 0.844 bits per heavy atom. The summed E-state index contributed by atoms with van der Waals surface area (Å²) in [5.74, 6) is -4.04. The largest absolute Gasteiger partial charge is 0.383 e. The lowest BCUT2D eigenvalue weighted by molar-refractivity contribution is -0.462. The van der Waals surface area contributed by atoms with E-state index in [0.717, 1.165) is 22.3 Å². The monoisotopic (exact) mass is 604 g/mol. The van der Waals surface area contributed by atoms with E-state index in [4.69, 9.17) is 9.47 Å². The average molecular weight is 605 g/mol. The molecule has 3 fully saturated rings. The van der Waals surface area contributed by atoms with Gasteiger partial charge in [-0.1, -0.05) is 124 Å². The Labute approximate surface area is 264 Å². The Balaban J connectivity index is 1.29. The van der Waals surface area contributed by atoms with Gasteiger partial charge in [0.15, 0.2) is 5.78 Å². The summed E-state index contributed by atoms with van der Waals surface area (Å²) >= 11 is 0. The molecule has 3 aromatic carbocycles. The molecule has 0 radical (unpaired) electrons. The van der Waals surface area contributed by atoms with Crippen molar-refractivity contribution in [2.24, 2.45) is 29.1 Å². The van der Waals surface area contributed by atoms with Crippen molar-refractivity contribution >= 4 is 5.78 Å². The molecule has 3 N–H and O–H groups in total. The molecule has 0 unspecified atom stereocenters. The van der Waals surface area contributed by atoms with Crippen molar-refractivity contribution in [2.75, 3.05) is 6.61 Å². The highest BCUT2D eigenvalue weighted by atomic mass is 16.7. The number of fused-ring (bicyclic) bond motifs is 2. The van der Waals surface area contributed by atoms with Crippen LogP contribution in [0.3, 0.4) is 0 Å². The number of hydrogen-bond acceptors (Lipinski definition) is 6. The van der Waals surface area contributed by atoms with Crippen LogP contribution >= 0.6 is 0 Å². The van der Waals surface area contributed by atoms with E-state index in [1.807, 2.05) is 81.4 Å². The third-order valence-electron chi connectivity index (χ3n) is 12.3. The molecule has 2 saturated carbocycles. The number of aliphatic hydroxyl groups is 3. The third kappa shape index (κ3) is 3.20. The van der Waals surface area contributed by atoms with Crippen molar-refractivity contribution in [1.82, 2.24) is 0 Å². The number of benzene rings is 3. The second-order valence-corrected chi connectivity index (χ2v) is 14.5. The Morgan fingerprint density at radius 3 is 1.87 bits per heavy atom. The smallest absolute Gasteiger partial charge is 0.201 e.